The maximum absolute atomic E-state index is 4.84. The smallest absolute Gasteiger partial charge is 0.191 e. The van der Waals surface area contributed by atoms with Gasteiger partial charge in [0.15, 0.2) is 5.96 Å². The molecule has 0 saturated carbocycles. The fraction of sp³-hybridized carbons (Fsp3) is 0.500. The Morgan fingerprint density at radius 1 is 1.18 bits per heavy atom. The Hall–Kier alpha value is -2.05. The van der Waals surface area contributed by atoms with Crippen molar-refractivity contribution >= 4 is 22.3 Å². The second-order valence-electron chi connectivity index (χ2n) is 7.61. The molecular weight excluding hydrogens is 366 g/mol. The van der Waals surface area contributed by atoms with Crippen molar-refractivity contribution in [2.45, 2.75) is 38.9 Å². The maximum atomic E-state index is 4.84. The summed E-state index contributed by atoms with van der Waals surface area (Å²) in [4.78, 5) is 9.52. The van der Waals surface area contributed by atoms with Crippen molar-refractivity contribution < 1.29 is 0 Å². The Labute approximate surface area is 173 Å². The summed E-state index contributed by atoms with van der Waals surface area (Å²) in [6.45, 7) is 6.85. The highest BCUT2D eigenvalue weighted by Gasteiger charge is 2.20. The normalized spacial score (nSPS) is 15.9. The Morgan fingerprint density at radius 3 is 2.64 bits per heavy atom. The molecule has 1 aliphatic heterocycles. The number of anilines is 1. The first kappa shape index (κ1) is 20.7. The quantitative estimate of drug-likeness (QED) is 0.552. The zero-order chi connectivity index (χ0) is 19.8. The molecule has 152 valence electrons. The minimum absolute atomic E-state index is 0.481. The van der Waals surface area contributed by atoms with Crippen LogP contribution in [0.2, 0.25) is 0 Å². The van der Waals surface area contributed by atoms with E-state index < -0.39 is 0 Å². The van der Waals surface area contributed by atoms with Crippen LogP contribution in [0.15, 0.2) is 46.8 Å². The van der Waals surface area contributed by atoms with Crippen molar-refractivity contribution in [2.75, 3.05) is 38.6 Å². The number of nitrogens with one attached hydrogen (secondary N) is 2. The van der Waals surface area contributed by atoms with E-state index in [1.807, 2.05) is 11.3 Å². The third-order valence-electron chi connectivity index (χ3n) is 4.91. The standard InChI is InChI=1S/C22H33N5S/c1-4-23-22(24-16-18-7-5-8-19(15-18)17-26(2)3)25-20-10-12-27(13-11-20)21-9-6-14-28-21/h5-9,14-15,20H,4,10-13,16-17H2,1-3H3,(H2,23,24,25). The zero-order valence-electron chi connectivity index (χ0n) is 17.3. The molecule has 1 aromatic heterocycles. The summed E-state index contributed by atoms with van der Waals surface area (Å²) >= 11 is 1.83. The molecule has 1 saturated heterocycles. The first-order chi connectivity index (χ1) is 13.6. The van der Waals surface area contributed by atoms with Crippen molar-refractivity contribution in [1.29, 1.82) is 0 Å². The third-order valence-corrected chi connectivity index (χ3v) is 5.84. The topological polar surface area (TPSA) is 42.9 Å². The van der Waals surface area contributed by atoms with Crippen LogP contribution >= 0.6 is 11.3 Å². The molecule has 1 fully saturated rings. The van der Waals surface area contributed by atoms with Crippen molar-refractivity contribution in [2.24, 2.45) is 4.99 Å². The SMILES string of the molecule is CCNC(=NCc1cccc(CN(C)C)c1)NC1CCN(c2cccs2)CC1. The second kappa shape index (κ2) is 10.5. The van der Waals surface area contributed by atoms with E-state index in [0.717, 1.165) is 45.0 Å². The van der Waals surface area contributed by atoms with E-state index >= 15 is 0 Å². The van der Waals surface area contributed by atoms with Gasteiger partial charge in [0.05, 0.1) is 11.5 Å². The Balaban J connectivity index is 1.54. The van der Waals surface area contributed by atoms with Crippen LogP contribution in [0.1, 0.15) is 30.9 Å². The summed E-state index contributed by atoms with van der Waals surface area (Å²) < 4.78 is 0. The molecular formula is C22H33N5S. The van der Waals surface area contributed by atoms with E-state index in [9.17, 15) is 0 Å². The number of rotatable bonds is 7. The summed E-state index contributed by atoms with van der Waals surface area (Å²) in [6.07, 6.45) is 2.28. The fourth-order valence-electron chi connectivity index (χ4n) is 3.57. The molecule has 2 aromatic rings. The monoisotopic (exact) mass is 399 g/mol. The van der Waals surface area contributed by atoms with Crippen LogP contribution in [-0.4, -0.2) is 50.6 Å². The number of benzene rings is 1. The summed E-state index contributed by atoms with van der Waals surface area (Å²) in [5.41, 5.74) is 2.58. The molecule has 6 heteroatoms. The van der Waals surface area contributed by atoms with Crippen LogP contribution in [0.5, 0.6) is 0 Å². The number of guanidine groups is 1. The van der Waals surface area contributed by atoms with Gasteiger partial charge in [0.2, 0.25) is 0 Å². The van der Waals surface area contributed by atoms with Crippen LogP contribution in [0, 0.1) is 0 Å². The number of piperidine rings is 1. The number of aliphatic imine (C=N–C) groups is 1. The minimum atomic E-state index is 0.481. The van der Waals surface area contributed by atoms with Gasteiger partial charge in [-0.2, -0.15) is 0 Å². The average Bonchev–Trinajstić information content (AvgIpc) is 3.21. The lowest BCUT2D eigenvalue weighted by Gasteiger charge is -2.33. The molecule has 5 nitrogen and oxygen atoms in total. The Bertz CT molecular complexity index is 733. The predicted molar refractivity (Wildman–Crippen MR) is 121 cm³/mol. The van der Waals surface area contributed by atoms with E-state index in [-0.39, 0.29) is 0 Å². The van der Waals surface area contributed by atoms with Crippen molar-refractivity contribution in [3.05, 3.63) is 52.9 Å². The Morgan fingerprint density at radius 2 is 1.96 bits per heavy atom. The van der Waals surface area contributed by atoms with Gasteiger partial charge in [0, 0.05) is 32.2 Å². The minimum Gasteiger partial charge on any atom is -0.363 e. The van der Waals surface area contributed by atoms with Crippen molar-refractivity contribution in [3.8, 4) is 0 Å². The first-order valence-corrected chi connectivity index (χ1v) is 11.1. The highest BCUT2D eigenvalue weighted by atomic mass is 32.1. The van der Waals surface area contributed by atoms with E-state index in [4.69, 9.17) is 4.99 Å². The molecule has 0 radical (unpaired) electrons. The molecule has 0 unspecified atom stereocenters. The van der Waals surface area contributed by atoms with Gasteiger partial charge in [0.25, 0.3) is 0 Å². The maximum Gasteiger partial charge on any atom is 0.191 e. The lowest BCUT2D eigenvalue weighted by molar-refractivity contribution is 0.402. The third kappa shape index (κ3) is 6.24. The van der Waals surface area contributed by atoms with Crippen molar-refractivity contribution in [1.82, 2.24) is 15.5 Å². The zero-order valence-corrected chi connectivity index (χ0v) is 18.1. The van der Waals surface area contributed by atoms with Gasteiger partial charge in [-0.05, 0) is 62.5 Å². The van der Waals surface area contributed by atoms with Gasteiger partial charge in [0.1, 0.15) is 0 Å². The van der Waals surface area contributed by atoms with E-state index in [1.165, 1.54) is 16.1 Å². The molecule has 1 aromatic carbocycles. The van der Waals surface area contributed by atoms with Crippen LogP contribution < -0.4 is 15.5 Å². The number of nitrogens with zero attached hydrogens (tertiary/aromatic N) is 3. The second-order valence-corrected chi connectivity index (χ2v) is 8.54. The van der Waals surface area contributed by atoms with Crippen LogP contribution in [-0.2, 0) is 13.1 Å². The highest BCUT2D eigenvalue weighted by molar-refractivity contribution is 7.14. The number of thiophene rings is 1. The summed E-state index contributed by atoms with van der Waals surface area (Å²) in [7, 11) is 4.20. The molecule has 0 spiro atoms. The number of hydrogen-bond donors (Lipinski definition) is 2. The van der Waals surface area contributed by atoms with E-state index in [0.29, 0.717) is 12.6 Å². The van der Waals surface area contributed by atoms with Crippen LogP contribution in [0.3, 0.4) is 0 Å². The van der Waals surface area contributed by atoms with Gasteiger partial charge in [-0.3, -0.25) is 0 Å². The van der Waals surface area contributed by atoms with Crippen LogP contribution in [0.25, 0.3) is 0 Å². The molecule has 2 N–H and O–H groups in total. The molecule has 2 heterocycles. The van der Waals surface area contributed by atoms with Gasteiger partial charge >= 0.3 is 0 Å². The molecule has 3 rings (SSSR count). The summed E-state index contributed by atoms with van der Waals surface area (Å²) in [5.74, 6) is 0.926. The lowest BCUT2D eigenvalue weighted by Crippen LogP contribution is -2.48. The van der Waals surface area contributed by atoms with E-state index in [1.54, 1.807) is 0 Å². The average molecular weight is 400 g/mol. The predicted octanol–water partition coefficient (Wildman–Crippen LogP) is 3.53. The van der Waals surface area contributed by atoms with Crippen LogP contribution in [0.4, 0.5) is 5.00 Å². The summed E-state index contributed by atoms with van der Waals surface area (Å²) in [6, 6.07) is 13.6. The van der Waals surface area contributed by atoms with Gasteiger partial charge in [-0.15, -0.1) is 11.3 Å². The molecule has 0 amide bonds. The number of hydrogen-bond acceptors (Lipinski definition) is 4. The first-order valence-electron chi connectivity index (χ1n) is 10.2. The van der Waals surface area contributed by atoms with Gasteiger partial charge in [-0.25, -0.2) is 4.99 Å². The molecule has 1 aliphatic rings. The van der Waals surface area contributed by atoms with Gasteiger partial charge < -0.3 is 20.4 Å². The Kier molecular flexibility index (Phi) is 7.74. The molecule has 28 heavy (non-hydrogen) atoms. The fourth-order valence-corrected chi connectivity index (χ4v) is 4.35. The highest BCUT2D eigenvalue weighted by Crippen LogP contribution is 2.24. The molecule has 0 bridgehead atoms. The molecule has 0 atom stereocenters. The summed E-state index contributed by atoms with van der Waals surface area (Å²) in [5, 5.41) is 10.6. The van der Waals surface area contributed by atoms with Crippen molar-refractivity contribution in [3.63, 3.8) is 0 Å². The lowest BCUT2D eigenvalue weighted by atomic mass is 10.1. The van der Waals surface area contributed by atoms with E-state index in [2.05, 4.69) is 83.2 Å². The molecule has 0 aliphatic carbocycles. The largest absolute Gasteiger partial charge is 0.363 e. The van der Waals surface area contributed by atoms with Gasteiger partial charge in [-0.1, -0.05) is 24.3 Å².